The summed E-state index contributed by atoms with van der Waals surface area (Å²) in [6.45, 7) is 4.07. The van der Waals surface area contributed by atoms with Crippen molar-refractivity contribution in [3.05, 3.63) is 71.8 Å². The van der Waals surface area contributed by atoms with Crippen LogP contribution >= 0.6 is 0 Å². The molecule has 1 saturated carbocycles. The highest BCUT2D eigenvalue weighted by Crippen LogP contribution is 2.37. The molecule has 3 heteroatoms. The van der Waals surface area contributed by atoms with E-state index >= 15 is 0 Å². The van der Waals surface area contributed by atoms with Gasteiger partial charge in [-0.2, -0.15) is 0 Å². The minimum absolute atomic E-state index is 0.281. The van der Waals surface area contributed by atoms with Gasteiger partial charge in [0, 0.05) is 31.0 Å². The van der Waals surface area contributed by atoms with E-state index in [1.807, 2.05) is 0 Å². The highest BCUT2D eigenvalue weighted by molar-refractivity contribution is 5.79. The number of benzene rings is 2. The van der Waals surface area contributed by atoms with E-state index in [1.54, 1.807) is 0 Å². The van der Waals surface area contributed by atoms with Crippen molar-refractivity contribution in [3.8, 4) is 0 Å². The van der Waals surface area contributed by atoms with Crippen LogP contribution in [0.15, 0.2) is 60.7 Å². The van der Waals surface area contributed by atoms with Crippen LogP contribution in [0.5, 0.6) is 0 Å². The summed E-state index contributed by atoms with van der Waals surface area (Å²) in [4.78, 5) is 18.1. The number of hydrogen-bond acceptors (Lipinski definition) is 2. The third-order valence-corrected chi connectivity index (χ3v) is 7.80. The van der Waals surface area contributed by atoms with Gasteiger partial charge >= 0.3 is 0 Å². The number of carbonyl (C=O) groups excluding carboxylic acids is 1. The van der Waals surface area contributed by atoms with Crippen LogP contribution in [0.2, 0.25) is 0 Å². The second-order valence-corrected chi connectivity index (χ2v) is 9.53. The lowest BCUT2D eigenvalue weighted by atomic mass is 9.87. The quantitative estimate of drug-likeness (QED) is 0.714. The van der Waals surface area contributed by atoms with Crippen molar-refractivity contribution < 1.29 is 4.79 Å². The van der Waals surface area contributed by atoms with Gasteiger partial charge in [0.2, 0.25) is 5.91 Å². The Morgan fingerprint density at radius 3 is 1.97 bits per heavy atom. The fourth-order valence-electron chi connectivity index (χ4n) is 6.08. The first-order valence-corrected chi connectivity index (χ1v) is 11.9. The molecule has 2 aliphatic heterocycles. The second-order valence-electron chi connectivity index (χ2n) is 9.53. The molecule has 0 unspecified atom stereocenters. The maximum absolute atomic E-state index is 13.2. The number of likely N-dealkylation sites (tertiary alicyclic amines) is 2. The topological polar surface area (TPSA) is 23.6 Å². The zero-order valence-electron chi connectivity index (χ0n) is 18.0. The van der Waals surface area contributed by atoms with Crippen LogP contribution in [0.25, 0.3) is 0 Å². The van der Waals surface area contributed by atoms with Crippen LogP contribution in [-0.4, -0.2) is 47.9 Å². The number of amides is 1. The molecule has 158 valence electrons. The Hall–Kier alpha value is -2.13. The molecule has 2 atom stereocenters. The van der Waals surface area contributed by atoms with Crippen molar-refractivity contribution in [1.82, 2.24) is 9.80 Å². The van der Waals surface area contributed by atoms with Crippen LogP contribution in [0.4, 0.5) is 0 Å². The normalized spacial score (nSPS) is 26.3. The van der Waals surface area contributed by atoms with Gasteiger partial charge in [-0.1, -0.05) is 73.5 Å². The molecule has 1 amide bonds. The van der Waals surface area contributed by atoms with Crippen molar-refractivity contribution in [1.29, 1.82) is 0 Å². The maximum atomic E-state index is 13.2. The fraction of sp³-hybridized carbons (Fsp3) is 0.519. The van der Waals surface area contributed by atoms with Gasteiger partial charge in [0.15, 0.2) is 0 Å². The van der Waals surface area contributed by atoms with E-state index in [2.05, 4.69) is 70.5 Å². The zero-order valence-corrected chi connectivity index (χ0v) is 18.0. The molecule has 3 aliphatic rings. The van der Waals surface area contributed by atoms with Gasteiger partial charge in [-0.05, 0) is 55.8 Å². The predicted octanol–water partition coefficient (Wildman–Crippen LogP) is 5.05. The Labute approximate surface area is 181 Å². The molecular weight excluding hydrogens is 368 g/mol. The van der Waals surface area contributed by atoms with E-state index < -0.39 is 0 Å². The van der Waals surface area contributed by atoms with E-state index in [1.165, 1.54) is 36.8 Å². The fourth-order valence-corrected chi connectivity index (χ4v) is 6.08. The first-order chi connectivity index (χ1) is 14.8. The van der Waals surface area contributed by atoms with Gasteiger partial charge in [0.25, 0.3) is 0 Å². The van der Waals surface area contributed by atoms with Crippen molar-refractivity contribution in [3.63, 3.8) is 0 Å². The number of carbonyl (C=O) groups is 1. The molecule has 1 aliphatic carbocycles. The molecule has 0 aromatic heterocycles. The van der Waals surface area contributed by atoms with E-state index in [4.69, 9.17) is 0 Å². The van der Waals surface area contributed by atoms with E-state index in [0.29, 0.717) is 23.8 Å². The van der Waals surface area contributed by atoms with Gasteiger partial charge in [0.1, 0.15) is 0 Å². The third-order valence-electron chi connectivity index (χ3n) is 7.80. The molecule has 0 N–H and O–H groups in total. The number of hydrogen-bond donors (Lipinski definition) is 0. The number of piperidine rings is 1. The van der Waals surface area contributed by atoms with Gasteiger partial charge in [-0.3, -0.25) is 9.69 Å². The summed E-state index contributed by atoms with van der Waals surface area (Å²) in [5.41, 5.74) is 2.88. The Morgan fingerprint density at radius 2 is 1.33 bits per heavy atom. The van der Waals surface area contributed by atoms with Gasteiger partial charge in [-0.25, -0.2) is 0 Å². The molecule has 30 heavy (non-hydrogen) atoms. The Morgan fingerprint density at radius 1 is 0.733 bits per heavy atom. The first-order valence-electron chi connectivity index (χ1n) is 11.9. The predicted molar refractivity (Wildman–Crippen MR) is 121 cm³/mol. The third kappa shape index (κ3) is 4.05. The number of nitrogens with zero attached hydrogens (tertiary/aromatic N) is 2. The van der Waals surface area contributed by atoms with Crippen LogP contribution in [-0.2, 0) is 4.79 Å². The molecule has 3 nitrogen and oxygen atoms in total. The van der Waals surface area contributed by atoms with Crippen molar-refractivity contribution in [2.24, 2.45) is 5.92 Å². The Bertz CT molecular complexity index is 822. The Balaban J connectivity index is 1.31. The maximum Gasteiger partial charge on any atom is 0.225 e. The van der Waals surface area contributed by atoms with Gasteiger partial charge in [0.05, 0.1) is 0 Å². The largest absolute Gasteiger partial charge is 0.340 e. The standard InChI is InChI=1S/C27H34N2O/c30-27(24-13-7-8-14-24)29-19-25(23-11-5-2-6-12-23)26(20-29)28-17-15-22(16-18-28)21-9-3-1-4-10-21/h1-6,9-12,22,24-26H,7-8,13-20H2/t25-,26+/m0/s1. The number of rotatable bonds is 4. The summed E-state index contributed by atoms with van der Waals surface area (Å²) in [7, 11) is 0. The average Bonchev–Trinajstić information content (AvgIpc) is 3.51. The smallest absolute Gasteiger partial charge is 0.225 e. The average molecular weight is 403 g/mol. The Kier molecular flexibility index (Phi) is 5.90. The molecule has 3 fully saturated rings. The van der Waals surface area contributed by atoms with Crippen molar-refractivity contribution >= 4 is 5.91 Å². The highest BCUT2D eigenvalue weighted by atomic mass is 16.2. The van der Waals surface area contributed by atoms with Crippen LogP contribution < -0.4 is 0 Å². The zero-order chi connectivity index (χ0) is 20.3. The molecule has 0 spiro atoms. The van der Waals surface area contributed by atoms with Gasteiger partial charge in [-0.15, -0.1) is 0 Å². The molecule has 2 aromatic carbocycles. The van der Waals surface area contributed by atoms with E-state index in [-0.39, 0.29) is 5.92 Å². The van der Waals surface area contributed by atoms with E-state index in [9.17, 15) is 4.79 Å². The highest BCUT2D eigenvalue weighted by Gasteiger charge is 2.42. The summed E-state index contributed by atoms with van der Waals surface area (Å²) in [5, 5.41) is 0. The minimum Gasteiger partial charge on any atom is -0.340 e. The summed E-state index contributed by atoms with van der Waals surface area (Å²) < 4.78 is 0. The first kappa shape index (κ1) is 19.8. The summed E-state index contributed by atoms with van der Waals surface area (Å²) in [6.07, 6.45) is 7.08. The molecular formula is C27H34N2O. The second kappa shape index (κ2) is 8.93. The molecule has 0 radical (unpaired) electrons. The lowest BCUT2D eigenvalue weighted by Gasteiger charge is -2.38. The molecule has 2 saturated heterocycles. The monoisotopic (exact) mass is 402 g/mol. The van der Waals surface area contributed by atoms with E-state index in [0.717, 1.165) is 39.0 Å². The molecule has 0 bridgehead atoms. The van der Waals surface area contributed by atoms with Gasteiger partial charge < -0.3 is 4.90 Å². The minimum atomic E-state index is 0.281. The summed E-state index contributed by atoms with van der Waals surface area (Å²) >= 11 is 0. The molecule has 2 heterocycles. The molecule has 5 rings (SSSR count). The summed E-state index contributed by atoms with van der Waals surface area (Å²) in [6, 6.07) is 22.4. The van der Waals surface area contributed by atoms with Crippen LogP contribution in [0, 0.1) is 5.92 Å². The molecule has 2 aromatic rings. The van der Waals surface area contributed by atoms with Crippen LogP contribution in [0.3, 0.4) is 0 Å². The van der Waals surface area contributed by atoms with Crippen molar-refractivity contribution in [2.75, 3.05) is 26.2 Å². The van der Waals surface area contributed by atoms with Crippen LogP contribution in [0.1, 0.15) is 61.5 Å². The lowest BCUT2D eigenvalue weighted by molar-refractivity contribution is -0.134. The van der Waals surface area contributed by atoms with Crippen molar-refractivity contribution in [2.45, 2.75) is 56.4 Å². The lowest BCUT2D eigenvalue weighted by Crippen LogP contribution is -2.45. The SMILES string of the molecule is O=C(C1CCCC1)N1C[C@@H](N2CCC(c3ccccc3)CC2)[C@H](c2ccccc2)C1. The summed E-state index contributed by atoms with van der Waals surface area (Å²) in [5.74, 6) is 1.82.